The molecule has 0 saturated carbocycles. The van der Waals surface area contributed by atoms with Gasteiger partial charge in [-0.2, -0.15) is 0 Å². The fraction of sp³-hybridized carbons (Fsp3) is 0.231. The van der Waals surface area contributed by atoms with E-state index in [4.69, 9.17) is 21.1 Å². The second kappa shape index (κ2) is 5.10. The van der Waals surface area contributed by atoms with E-state index < -0.39 is 17.7 Å². The summed E-state index contributed by atoms with van der Waals surface area (Å²) in [5.41, 5.74) is -0.122. The maximum atomic E-state index is 11.8. The maximum Gasteiger partial charge on any atom is 0.348 e. The molecule has 0 atom stereocenters. The highest BCUT2D eigenvalue weighted by molar-refractivity contribution is 9.10. The van der Waals surface area contributed by atoms with E-state index in [2.05, 4.69) is 15.9 Å². The molecule has 2 rings (SSSR count). The van der Waals surface area contributed by atoms with Gasteiger partial charge < -0.3 is 14.6 Å². The van der Waals surface area contributed by atoms with E-state index >= 15 is 0 Å². The summed E-state index contributed by atoms with van der Waals surface area (Å²) in [6, 6.07) is 3.06. The van der Waals surface area contributed by atoms with Gasteiger partial charge in [0.15, 0.2) is 0 Å². The predicted octanol–water partition coefficient (Wildman–Crippen LogP) is 3.03. The second-order valence-electron chi connectivity index (χ2n) is 4.53. The third kappa shape index (κ3) is 2.81. The van der Waals surface area contributed by atoms with Gasteiger partial charge >= 0.3 is 11.9 Å². The Morgan fingerprint density at radius 1 is 1.25 bits per heavy atom. The Balaban J connectivity index is 2.49. The van der Waals surface area contributed by atoms with Crippen LogP contribution in [0.4, 0.5) is 0 Å². The summed E-state index contributed by atoms with van der Waals surface area (Å²) in [6.07, 6.45) is 1.17. The van der Waals surface area contributed by atoms with Gasteiger partial charge in [0, 0.05) is 23.9 Å². The minimum absolute atomic E-state index is 0.0953. The molecule has 0 aromatic heterocycles. The van der Waals surface area contributed by atoms with Crippen molar-refractivity contribution in [3.05, 3.63) is 32.8 Å². The van der Waals surface area contributed by atoms with E-state index in [1.807, 2.05) is 0 Å². The molecule has 0 spiro atoms. The molecule has 1 aromatic carbocycles. The van der Waals surface area contributed by atoms with Gasteiger partial charge in [-0.15, -0.1) is 0 Å². The number of aromatic hydroxyl groups is 1. The molecule has 5 nitrogen and oxygen atoms in total. The van der Waals surface area contributed by atoms with Crippen molar-refractivity contribution < 1.29 is 24.2 Å². The fourth-order valence-electron chi connectivity index (χ4n) is 1.62. The van der Waals surface area contributed by atoms with E-state index in [-0.39, 0.29) is 21.9 Å². The molecule has 1 aliphatic heterocycles. The number of ether oxygens (including phenoxy) is 2. The van der Waals surface area contributed by atoms with Gasteiger partial charge in [-0.3, -0.25) is 0 Å². The quantitative estimate of drug-likeness (QED) is 0.473. The summed E-state index contributed by atoms with van der Waals surface area (Å²) in [5, 5.41) is 9.97. The first-order chi connectivity index (χ1) is 9.21. The zero-order valence-corrected chi connectivity index (χ0v) is 12.9. The zero-order valence-electron chi connectivity index (χ0n) is 10.6. The van der Waals surface area contributed by atoms with Crippen LogP contribution < -0.4 is 0 Å². The van der Waals surface area contributed by atoms with Gasteiger partial charge in [-0.1, -0.05) is 27.5 Å². The number of carbonyl (C=O) groups is 2. The van der Waals surface area contributed by atoms with Crippen LogP contribution in [0.1, 0.15) is 19.4 Å². The third-order valence-corrected chi connectivity index (χ3v) is 3.52. The summed E-state index contributed by atoms with van der Waals surface area (Å²) in [7, 11) is 0. The third-order valence-electron chi connectivity index (χ3n) is 2.52. The van der Waals surface area contributed by atoms with Crippen LogP contribution in [-0.4, -0.2) is 22.8 Å². The molecule has 0 aliphatic carbocycles. The molecule has 0 bridgehead atoms. The highest BCUT2D eigenvalue weighted by Crippen LogP contribution is 2.35. The van der Waals surface area contributed by atoms with Crippen molar-refractivity contribution in [2.75, 3.05) is 0 Å². The van der Waals surface area contributed by atoms with E-state index in [9.17, 15) is 14.7 Å². The predicted molar refractivity (Wildman–Crippen MR) is 75.1 cm³/mol. The molecule has 1 saturated heterocycles. The van der Waals surface area contributed by atoms with Crippen LogP contribution in [0.5, 0.6) is 5.75 Å². The minimum atomic E-state index is -1.31. The summed E-state index contributed by atoms with van der Waals surface area (Å²) < 4.78 is 10.4. The lowest BCUT2D eigenvalue weighted by Crippen LogP contribution is -2.41. The second-order valence-corrected chi connectivity index (χ2v) is 5.79. The summed E-state index contributed by atoms with van der Waals surface area (Å²) in [6.45, 7) is 2.90. The molecule has 7 heteroatoms. The summed E-state index contributed by atoms with van der Waals surface area (Å²) >= 11 is 8.99. The molecule has 0 amide bonds. The molecule has 0 radical (unpaired) electrons. The first kappa shape index (κ1) is 14.9. The fourth-order valence-corrected chi connectivity index (χ4v) is 2.22. The van der Waals surface area contributed by atoms with Crippen molar-refractivity contribution in [1.29, 1.82) is 0 Å². The van der Waals surface area contributed by atoms with Crippen LogP contribution in [0.2, 0.25) is 5.02 Å². The van der Waals surface area contributed by atoms with Gasteiger partial charge in [0.1, 0.15) is 11.3 Å². The molecule has 1 aromatic rings. The Morgan fingerprint density at radius 2 is 1.80 bits per heavy atom. The SMILES string of the molecule is CC1(C)OC(=O)C(=Cc2c(Br)ccc(Cl)c2O)C(=O)O1. The maximum absolute atomic E-state index is 11.8. The van der Waals surface area contributed by atoms with Crippen molar-refractivity contribution in [2.45, 2.75) is 19.6 Å². The van der Waals surface area contributed by atoms with Crippen molar-refractivity contribution >= 4 is 45.5 Å². The Kier molecular flexibility index (Phi) is 3.80. The lowest BCUT2D eigenvalue weighted by molar-refractivity contribution is -0.222. The summed E-state index contributed by atoms with van der Waals surface area (Å²) in [5.74, 6) is -3.20. The number of phenolic OH excluding ortho intramolecular Hbond substituents is 1. The Hall–Kier alpha value is -1.53. The normalized spacial score (nSPS) is 17.5. The molecule has 0 unspecified atom stereocenters. The van der Waals surface area contributed by atoms with Crippen LogP contribution >= 0.6 is 27.5 Å². The number of hydrogen-bond donors (Lipinski definition) is 1. The number of cyclic esters (lactones) is 2. The van der Waals surface area contributed by atoms with Crippen LogP contribution in [0, 0.1) is 0 Å². The lowest BCUT2D eigenvalue weighted by atomic mass is 10.1. The molecular formula is C13H10BrClO5. The van der Waals surface area contributed by atoms with E-state index in [1.165, 1.54) is 26.0 Å². The van der Waals surface area contributed by atoms with Gasteiger partial charge in [-0.05, 0) is 18.2 Å². The van der Waals surface area contributed by atoms with Gasteiger partial charge in [0.2, 0.25) is 0 Å². The average molecular weight is 362 g/mol. The minimum Gasteiger partial charge on any atom is -0.506 e. The highest BCUT2D eigenvalue weighted by atomic mass is 79.9. The Bertz CT molecular complexity index is 614. The van der Waals surface area contributed by atoms with Crippen LogP contribution in [0.25, 0.3) is 6.08 Å². The van der Waals surface area contributed by atoms with E-state index in [1.54, 1.807) is 6.07 Å². The smallest absolute Gasteiger partial charge is 0.348 e. The largest absolute Gasteiger partial charge is 0.506 e. The van der Waals surface area contributed by atoms with Crippen LogP contribution in [-0.2, 0) is 19.1 Å². The molecule has 20 heavy (non-hydrogen) atoms. The first-order valence-corrected chi connectivity index (χ1v) is 6.74. The molecule has 106 valence electrons. The lowest BCUT2D eigenvalue weighted by Gasteiger charge is -2.29. The van der Waals surface area contributed by atoms with Crippen LogP contribution in [0.15, 0.2) is 22.2 Å². The number of phenols is 1. The van der Waals surface area contributed by atoms with Crippen molar-refractivity contribution in [3.63, 3.8) is 0 Å². The molecule has 1 N–H and O–H groups in total. The highest BCUT2D eigenvalue weighted by Gasteiger charge is 2.39. The number of benzene rings is 1. The molecule has 1 heterocycles. The molecule has 1 fully saturated rings. The van der Waals surface area contributed by atoms with Crippen LogP contribution in [0.3, 0.4) is 0 Å². The zero-order chi connectivity index (χ0) is 15.1. The van der Waals surface area contributed by atoms with Crippen molar-refractivity contribution in [1.82, 2.24) is 0 Å². The molecule has 1 aliphatic rings. The number of hydrogen-bond acceptors (Lipinski definition) is 5. The van der Waals surface area contributed by atoms with Gasteiger partial charge in [0.05, 0.1) is 5.02 Å². The monoisotopic (exact) mass is 360 g/mol. The summed E-state index contributed by atoms with van der Waals surface area (Å²) in [4.78, 5) is 23.6. The average Bonchev–Trinajstić information content (AvgIpc) is 2.31. The molecular weight excluding hydrogens is 351 g/mol. The van der Waals surface area contributed by atoms with E-state index in [0.717, 1.165) is 0 Å². The number of rotatable bonds is 1. The van der Waals surface area contributed by atoms with Crippen molar-refractivity contribution in [3.8, 4) is 5.75 Å². The Morgan fingerprint density at radius 3 is 2.35 bits per heavy atom. The van der Waals surface area contributed by atoms with Gasteiger partial charge in [-0.25, -0.2) is 9.59 Å². The number of carbonyl (C=O) groups excluding carboxylic acids is 2. The van der Waals surface area contributed by atoms with Crippen molar-refractivity contribution in [2.24, 2.45) is 0 Å². The number of esters is 2. The Labute approximate surface area is 128 Å². The van der Waals surface area contributed by atoms with Gasteiger partial charge in [0.25, 0.3) is 5.79 Å². The number of halogens is 2. The first-order valence-electron chi connectivity index (χ1n) is 5.56. The topological polar surface area (TPSA) is 72.8 Å². The van der Waals surface area contributed by atoms with E-state index in [0.29, 0.717) is 4.47 Å². The standard InChI is InChI=1S/C13H10BrClO5/c1-13(2)19-11(17)7(12(18)20-13)5-6-8(14)3-4-9(15)10(6)16/h3-5,16H,1-2H3.